The molecule has 1 unspecified atom stereocenters. The normalized spacial score (nSPS) is 19.0. The molecule has 0 aromatic carbocycles. The van der Waals surface area contributed by atoms with E-state index in [1.54, 1.807) is 29.7 Å². The second kappa shape index (κ2) is 5.58. The van der Waals surface area contributed by atoms with Crippen LogP contribution in [0.2, 0.25) is 0 Å². The average molecular weight is 289 g/mol. The Bertz CT molecular complexity index is 583. The molecule has 1 aliphatic heterocycles. The lowest BCUT2D eigenvalue weighted by Gasteiger charge is -2.34. The average Bonchev–Trinajstić information content (AvgIpc) is 3.01. The standard InChI is InChI=1S/C14H15N3O2S/c18-14(11-4-8-16(19)9-5-11)17-7-2-1-3-12(17)13-15-6-10-20-13/h4-6,8-10,12H,1-3,7H2. The maximum absolute atomic E-state index is 12.6. The first-order valence-corrected chi connectivity index (χ1v) is 7.53. The minimum absolute atomic E-state index is 0.0227. The zero-order valence-electron chi connectivity index (χ0n) is 10.9. The Morgan fingerprint density at radius 1 is 1.40 bits per heavy atom. The van der Waals surface area contributed by atoms with Gasteiger partial charge < -0.3 is 10.1 Å². The van der Waals surface area contributed by atoms with Crippen LogP contribution < -0.4 is 4.73 Å². The number of piperidine rings is 1. The van der Waals surface area contributed by atoms with E-state index in [0.29, 0.717) is 10.3 Å². The number of pyridine rings is 1. The van der Waals surface area contributed by atoms with E-state index < -0.39 is 0 Å². The Labute approximate surface area is 121 Å². The van der Waals surface area contributed by atoms with Gasteiger partial charge in [-0.05, 0) is 19.3 Å². The van der Waals surface area contributed by atoms with Crippen molar-refractivity contribution in [3.8, 4) is 0 Å². The summed E-state index contributed by atoms with van der Waals surface area (Å²) in [4.78, 5) is 18.8. The number of hydrogen-bond donors (Lipinski definition) is 0. The molecule has 1 amide bonds. The second-order valence-electron chi connectivity index (χ2n) is 4.83. The van der Waals surface area contributed by atoms with E-state index in [1.165, 1.54) is 12.4 Å². The van der Waals surface area contributed by atoms with Crippen LogP contribution in [0.5, 0.6) is 0 Å². The number of aromatic nitrogens is 2. The SMILES string of the molecule is O=C(c1cc[n+]([O-])cc1)N1CCCCC1c1nccs1. The zero-order valence-corrected chi connectivity index (χ0v) is 11.8. The summed E-state index contributed by atoms with van der Waals surface area (Å²) in [6, 6.07) is 3.21. The summed E-state index contributed by atoms with van der Waals surface area (Å²) < 4.78 is 0.686. The molecule has 20 heavy (non-hydrogen) atoms. The fourth-order valence-electron chi connectivity index (χ4n) is 2.55. The summed E-state index contributed by atoms with van der Waals surface area (Å²) >= 11 is 1.59. The van der Waals surface area contributed by atoms with Crippen LogP contribution >= 0.6 is 11.3 Å². The van der Waals surface area contributed by atoms with Crippen LogP contribution in [0.15, 0.2) is 36.1 Å². The van der Waals surface area contributed by atoms with Gasteiger partial charge in [-0.15, -0.1) is 11.3 Å². The Hall–Kier alpha value is -1.95. The van der Waals surface area contributed by atoms with Crippen molar-refractivity contribution < 1.29 is 9.52 Å². The van der Waals surface area contributed by atoms with Crippen LogP contribution in [0.4, 0.5) is 0 Å². The first-order chi connectivity index (χ1) is 9.75. The molecule has 104 valence electrons. The third kappa shape index (κ3) is 2.51. The van der Waals surface area contributed by atoms with E-state index in [0.717, 1.165) is 30.8 Å². The molecule has 1 aliphatic rings. The quantitative estimate of drug-likeness (QED) is 0.628. The van der Waals surface area contributed by atoms with E-state index in [9.17, 15) is 10.0 Å². The Balaban J connectivity index is 1.86. The first-order valence-electron chi connectivity index (χ1n) is 6.65. The smallest absolute Gasteiger partial charge is 0.254 e. The van der Waals surface area contributed by atoms with Gasteiger partial charge >= 0.3 is 0 Å². The van der Waals surface area contributed by atoms with Gasteiger partial charge in [-0.3, -0.25) is 4.79 Å². The fourth-order valence-corrected chi connectivity index (χ4v) is 3.34. The summed E-state index contributed by atoms with van der Waals surface area (Å²) in [7, 11) is 0. The summed E-state index contributed by atoms with van der Waals surface area (Å²) in [5, 5.41) is 14.0. The van der Waals surface area contributed by atoms with Gasteiger partial charge in [0, 0.05) is 30.3 Å². The Morgan fingerprint density at radius 2 is 2.20 bits per heavy atom. The van der Waals surface area contributed by atoms with E-state index in [-0.39, 0.29) is 11.9 Å². The number of hydrogen-bond acceptors (Lipinski definition) is 4. The van der Waals surface area contributed by atoms with Gasteiger partial charge in [-0.1, -0.05) is 0 Å². The maximum Gasteiger partial charge on any atom is 0.254 e. The van der Waals surface area contributed by atoms with Gasteiger partial charge in [-0.25, -0.2) is 4.98 Å². The minimum Gasteiger partial charge on any atom is -0.619 e. The molecule has 0 saturated carbocycles. The van der Waals surface area contributed by atoms with Gasteiger partial charge in [0.1, 0.15) is 5.01 Å². The number of nitrogens with zero attached hydrogens (tertiary/aromatic N) is 3. The highest BCUT2D eigenvalue weighted by Crippen LogP contribution is 2.32. The van der Waals surface area contributed by atoms with E-state index in [4.69, 9.17) is 0 Å². The molecule has 0 aliphatic carbocycles. The summed E-state index contributed by atoms with van der Waals surface area (Å²) in [5.74, 6) is -0.0227. The highest BCUT2D eigenvalue weighted by molar-refractivity contribution is 7.09. The number of likely N-dealkylation sites (tertiary alicyclic amines) is 1. The molecule has 5 nitrogen and oxygen atoms in total. The van der Waals surface area contributed by atoms with Crippen LogP contribution in [0.25, 0.3) is 0 Å². The molecule has 3 heterocycles. The van der Waals surface area contributed by atoms with Gasteiger partial charge in [0.05, 0.1) is 11.6 Å². The van der Waals surface area contributed by atoms with Gasteiger partial charge in [0.25, 0.3) is 5.91 Å². The van der Waals surface area contributed by atoms with Gasteiger partial charge in [0.2, 0.25) is 0 Å². The van der Waals surface area contributed by atoms with E-state index in [1.807, 2.05) is 10.3 Å². The molecule has 1 saturated heterocycles. The molecule has 2 aromatic rings. The lowest BCUT2D eigenvalue weighted by molar-refractivity contribution is -0.605. The number of carbonyl (C=O) groups is 1. The van der Waals surface area contributed by atoms with Crippen molar-refractivity contribution >= 4 is 17.2 Å². The molecule has 1 fully saturated rings. The molecule has 3 rings (SSSR count). The Kier molecular flexibility index (Phi) is 3.64. The summed E-state index contributed by atoms with van der Waals surface area (Å²) in [6.07, 6.45) is 7.57. The van der Waals surface area contributed by atoms with Gasteiger partial charge in [-0.2, -0.15) is 4.73 Å². The van der Waals surface area contributed by atoms with Crippen LogP contribution in [0, 0.1) is 5.21 Å². The molecule has 0 spiro atoms. The van der Waals surface area contributed by atoms with Crippen LogP contribution in [0.1, 0.15) is 40.7 Å². The first kappa shape index (κ1) is 13.1. The van der Waals surface area contributed by atoms with Crippen molar-refractivity contribution in [1.82, 2.24) is 9.88 Å². The van der Waals surface area contributed by atoms with Crippen molar-refractivity contribution in [3.05, 3.63) is 51.9 Å². The minimum atomic E-state index is -0.0227. The molecule has 1 atom stereocenters. The van der Waals surface area contributed by atoms with Crippen molar-refractivity contribution in [3.63, 3.8) is 0 Å². The largest absolute Gasteiger partial charge is 0.619 e. The van der Waals surface area contributed by atoms with Crippen molar-refractivity contribution in [1.29, 1.82) is 0 Å². The molecular formula is C14H15N3O2S. The predicted octanol–water partition coefficient (Wildman–Crippen LogP) is 2.14. The molecule has 0 radical (unpaired) electrons. The lowest BCUT2D eigenvalue weighted by Crippen LogP contribution is -2.39. The van der Waals surface area contributed by atoms with E-state index >= 15 is 0 Å². The topological polar surface area (TPSA) is 60.1 Å². The van der Waals surface area contributed by atoms with E-state index in [2.05, 4.69) is 4.98 Å². The number of rotatable bonds is 2. The molecule has 2 aromatic heterocycles. The summed E-state index contributed by atoms with van der Waals surface area (Å²) in [5.41, 5.74) is 0.556. The van der Waals surface area contributed by atoms with Crippen molar-refractivity contribution in [2.75, 3.05) is 6.54 Å². The second-order valence-corrected chi connectivity index (χ2v) is 5.75. The third-order valence-corrected chi connectivity index (χ3v) is 4.43. The molecule has 0 bridgehead atoms. The summed E-state index contributed by atoms with van der Waals surface area (Å²) in [6.45, 7) is 0.745. The zero-order chi connectivity index (χ0) is 13.9. The van der Waals surface area contributed by atoms with Crippen LogP contribution in [-0.2, 0) is 0 Å². The number of carbonyl (C=O) groups excluding carboxylic acids is 1. The number of amides is 1. The molecule has 6 heteroatoms. The van der Waals surface area contributed by atoms with Crippen molar-refractivity contribution in [2.45, 2.75) is 25.3 Å². The highest BCUT2D eigenvalue weighted by atomic mass is 32.1. The molecular weight excluding hydrogens is 274 g/mol. The van der Waals surface area contributed by atoms with Gasteiger partial charge in [0.15, 0.2) is 12.4 Å². The van der Waals surface area contributed by atoms with Crippen LogP contribution in [-0.4, -0.2) is 22.3 Å². The highest BCUT2D eigenvalue weighted by Gasteiger charge is 2.30. The lowest BCUT2D eigenvalue weighted by atomic mass is 10.0. The predicted molar refractivity (Wildman–Crippen MR) is 75.1 cm³/mol. The Morgan fingerprint density at radius 3 is 2.90 bits per heavy atom. The third-order valence-electron chi connectivity index (χ3n) is 3.55. The van der Waals surface area contributed by atoms with Crippen molar-refractivity contribution in [2.24, 2.45) is 0 Å². The molecule has 0 N–H and O–H groups in total. The fraction of sp³-hybridized carbons (Fsp3) is 0.357. The maximum atomic E-state index is 12.6. The monoisotopic (exact) mass is 289 g/mol. The van der Waals surface area contributed by atoms with Crippen LogP contribution in [0.3, 0.4) is 0 Å². The number of thiazole rings is 1.